The van der Waals surface area contributed by atoms with Crippen LogP contribution in [-0.4, -0.2) is 35.5 Å². The lowest BCUT2D eigenvalue weighted by Gasteiger charge is -2.30. The molecule has 4 nitrogen and oxygen atoms in total. The summed E-state index contributed by atoms with van der Waals surface area (Å²) in [4.78, 5) is 0. The molecule has 1 rings (SSSR count). The molecule has 0 fully saturated rings. The Morgan fingerprint density at radius 1 is 1.11 bits per heavy atom. The van der Waals surface area contributed by atoms with Gasteiger partial charge in [0.25, 0.3) is 0 Å². The molecule has 4 atom stereocenters. The highest BCUT2D eigenvalue weighted by molar-refractivity contribution is 6.30. The highest BCUT2D eigenvalue weighted by Gasteiger charge is 2.26. The molecule has 108 valence electrons. The fraction of sp³-hybridized carbons (Fsp3) is 0.571. The van der Waals surface area contributed by atoms with Crippen molar-refractivity contribution in [3.8, 4) is 0 Å². The monoisotopic (exact) mass is 286 g/mol. The summed E-state index contributed by atoms with van der Waals surface area (Å²) in [5, 5.41) is 19.0. The Bertz CT molecular complexity index is 372. The maximum atomic E-state index is 9.25. The van der Waals surface area contributed by atoms with Gasteiger partial charge in [-0.2, -0.15) is 0 Å². The van der Waals surface area contributed by atoms with E-state index in [0.29, 0.717) is 11.4 Å². The minimum absolute atomic E-state index is 0.0124. The molecule has 19 heavy (non-hydrogen) atoms. The second kappa shape index (κ2) is 7.82. The number of rotatable bonds is 7. The molecule has 1 aromatic rings. The molecule has 0 bridgehead atoms. The minimum atomic E-state index is -0.322. The number of hydrogen-bond donors (Lipinski definition) is 4. The summed E-state index contributed by atoms with van der Waals surface area (Å²) in [6.07, 6.45) is 0.573. The third kappa shape index (κ3) is 4.75. The zero-order valence-corrected chi connectivity index (χ0v) is 11.9. The van der Waals surface area contributed by atoms with Gasteiger partial charge in [-0.25, -0.2) is 0 Å². The summed E-state index contributed by atoms with van der Waals surface area (Å²) in [6, 6.07) is 6.92. The summed E-state index contributed by atoms with van der Waals surface area (Å²) in [5.41, 5.74) is 13.1. The zero-order valence-electron chi connectivity index (χ0n) is 11.2. The molecule has 0 aliphatic carbocycles. The van der Waals surface area contributed by atoms with E-state index in [2.05, 4.69) is 0 Å². The van der Waals surface area contributed by atoms with Gasteiger partial charge in [-0.15, -0.1) is 0 Å². The first-order valence-corrected chi connectivity index (χ1v) is 6.85. The van der Waals surface area contributed by atoms with E-state index in [-0.39, 0.29) is 37.1 Å². The second-order valence-electron chi connectivity index (χ2n) is 5.07. The molecule has 5 heteroatoms. The zero-order chi connectivity index (χ0) is 14.4. The van der Waals surface area contributed by atoms with Crippen molar-refractivity contribution < 1.29 is 10.2 Å². The number of halogens is 1. The first kappa shape index (κ1) is 16.4. The maximum Gasteiger partial charge on any atom is 0.0582 e. The van der Waals surface area contributed by atoms with Crippen molar-refractivity contribution in [2.75, 3.05) is 13.2 Å². The predicted molar refractivity (Wildman–Crippen MR) is 78.1 cm³/mol. The van der Waals surface area contributed by atoms with E-state index in [1.54, 1.807) is 0 Å². The van der Waals surface area contributed by atoms with E-state index in [0.717, 1.165) is 5.56 Å². The number of hydrogen-bond acceptors (Lipinski definition) is 4. The van der Waals surface area contributed by atoms with Crippen molar-refractivity contribution in [3.63, 3.8) is 0 Å². The van der Waals surface area contributed by atoms with Crippen LogP contribution >= 0.6 is 11.6 Å². The molecule has 1 aromatic carbocycles. The van der Waals surface area contributed by atoms with E-state index in [4.69, 9.17) is 28.2 Å². The topological polar surface area (TPSA) is 92.5 Å². The molecule has 0 aliphatic heterocycles. The summed E-state index contributed by atoms with van der Waals surface area (Å²) in [5.74, 6) is -0.0480. The van der Waals surface area contributed by atoms with Gasteiger partial charge < -0.3 is 21.7 Å². The quantitative estimate of drug-likeness (QED) is 0.604. The molecular weight excluding hydrogens is 264 g/mol. The Morgan fingerprint density at radius 3 is 2.16 bits per heavy atom. The van der Waals surface area contributed by atoms with Crippen LogP contribution in [0.5, 0.6) is 0 Å². The lowest BCUT2D eigenvalue weighted by atomic mass is 9.81. The van der Waals surface area contributed by atoms with Gasteiger partial charge in [-0.3, -0.25) is 0 Å². The molecule has 0 amide bonds. The summed E-state index contributed by atoms with van der Waals surface area (Å²) >= 11 is 5.88. The fourth-order valence-corrected chi connectivity index (χ4v) is 2.27. The Balaban J connectivity index is 2.94. The van der Waals surface area contributed by atoms with Crippen molar-refractivity contribution in [3.05, 3.63) is 34.9 Å². The van der Waals surface area contributed by atoms with Crippen LogP contribution in [0.1, 0.15) is 24.8 Å². The average Bonchev–Trinajstić information content (AvgIpc) is 2.43. The van der Waals surface area contributed by atoms with Crippen LogP contribution in [0.25, 0.3) is 0 Å². The first-order valence-electron chi connectivity index (χ1n) is 6.48. The molecular formula is C14H23ClN2O2. The van der Waals surface area contributed by atoms with Crippen molar-refractivity contribution in [2.45, 2.75) is 31.3 Å². The van der Waals surface area contributed by atoms with Crippen LogP contribution < -0.4 is 11.5 Å². The lowest BCUT2D eigenvalue weighted by molar-refractivity contribution is 0.194. The van der Waals surface area contributed by atoms with E-state index in [1.165, 1.54) is 0 Å². The Labute approximate surface area is 119 Å². The van der Waals surface area contributed by atoms with Crippen molar-refractivity contribution in [1.29, 1.82) is 0 Å². The van der Waals surface area contributed by atoms with Gasteiger partial charge in [-0.1, -0.05) is 30.7 Å². The summed E-state index contributed by atoms with van der Waals surface area (Å²) in [6.45, 7) is 1.85. The molecule has 0 spiro atoms. The van der Waals surface area contributed by atoms with Gasteiger partial charge in [0.1, 0.15) is 0 Å². The number of nitrogens with two attached hydrogens (primary N) is 2. The SMILES string of the molecule is CC(CO)C(N)C(CC(N)CO)c1ccc(Cl)cc1. The molecule has 0 saturated heterocycles. The molecule has 4 unspecified atom stereocenters. The molecule has 0 aliphatic rings. The van der Waals surface area contributed by atoms with E-state index < -0.39 is 0 Å². The molecule has 6 N–H and O–H groups in total. The van der Waals surface area contributed by atoms with Crippen LogP contribution in [-0.2, 0) is 0 Å². The van der Waals surface area contributed by atoms with Gasteiger partial charge in [0.2, 0.25) is 0 Å². The highest BCUT2D eigenvalue weighted by atomic mass is 35.5. The van der Waals surface area contributed by atoms with Gasteiger partial charge in [0.15, 0.2) is 0 Å². The van der Waals surface area contributed by atoms with E-state index in [1.807, 2.05) is 31.2 Å². The Morgan fingerprint density at radius 2 is 1.68 bits per heavy atom. The first-order chi connectivity index (χ1) is 8.99. The number of benzene rings is 1. The average molecular weight is 287 g/mol. The van der Waals surface area contributed by atoms with Crippen LogP contribution in [0.3, 0.4) is 0 Å². The Hall–Kier alpha value is -0.650. The van der Waals surface area contributed by atoms with E-state index >= 15 is 0 Å². The third-order valence-corrected chi connectivity index (χ3v) is 3.75. The fourth-order valence-electron chi connectivity index (χ4n) is 2.14. The standard InChI is InChI=1S/C14H23ClN2O2/c1-9(7-18)14(17)13(6-12(16)8-19)10-2-4-11(15)5-3-10/h2-5,9,12-14,18-19H,6-8,16-17H2,1H3. The van der Waals surface area contributed by atoms with Gasteiger partial charge >= 0.3 is 0 Å². The van der Waals surface area contributed by atoms with Crippen LogP contribution in [0, 0.1) is 5.92 Å². The smallest absolute Gasteiger partial charge is 0.0582 e. The predicted octanol–water partition coefficient (Wildman–Crippen LogP) is 1.09. The van der Waals surface area contributed by atoms with Gasteiger partial charge in [0, 0.05) is 29.6 Å². The minimum Gasteiger partial charge on any atom is -0.396 e. The molecule has 0 aromatic heterocycles. The Kier molecular flexibility index (Phi) is 6.75. The van der Waals surface area contributed by atoms with Gasteiger partial charge in [-0.05, 0) is 30.0 Å². The van der Waals surface area contributed by atoms with Crippen LogP contribution in [0.4, 0.5) is 0 Å². The van der Waals surface area contributed by atoms with Crippen LogP contribution in [0.2, 0.25) is 5.02 Å². The number of aliphatic hydroxyl groups excluding tert-OH is 2. The van der Waals surface area contributed by atoms with Crippen molar-refractivity contribution in [1.82, 2.24) is 0 Å². The highest BCUT2D eigenvalue weighted by Crippen LogP contribution is 2.28. The summed E-state index contributed by atoms with van der Waals surface area (Å²) < 4.78 is 0. The lowest BCUT2D eigenvalue weighted by Crippen LogP contribution is -2.40. The van der Waals surface area contributed by atoms with Gasteiger partial charge in [0.05, 0.1) is 6.61 Å². The second-order valence-corrected chi connectivity index (χ2v) is 5.51. The van der Waals surface area contributed by atoms with Crippen LogP contribution in [0.15, 0.2) is 24.3 Å². The van der Waals surface area contributed by atoms with E-state index in [9.17, 15) is 5.11 Å². The maximum absolute atomic E-state index is 9.25. The normalized spacial score (nSPS) is 17.8. The third-order valence-electron chi connectivity index (χ3n) is 3.50. The largest absolute Gasteiger partial charge is 0.396 e. The van der Waals surface area contributed by atoms with Crippen molar-refractivity contribution >= 4 is 11.6 Å². The molecule has 0 radical (unpaired) electrons. The summed E-state index contributed by atoms with van der Waals surface area (Å²) in [7, 11) is 0. The molecule has 0 heterocycles. The number of aliphatic hydroxyl groups is 2. The molecule has 0 saturated carbocycles. The van der Waals surface area contributed by atoms with Crippen molar-refractivity contribution in [2.24, 2.45) is 17.4 Å².